The van der Waals surface area contributed by atoms with Gasteiger partial charge in [0, 0.05) is 39.3 Å². The molecule has 2 rings (SSSR count). The fraction of sp³-hybridized carbons (Fsp3) is 1.00. The summed E-state index contributed by atoms with van der Waals surface area (Å²) in [7, 11) is -3.32. The molecule has 6 nitrogen and oxygen atoms in total. The van der Waals surface area contributed by atoms with Crippen LogP contribution < -0.4 is 11.1 Å². The van der Waals surface area contributed by atoms with Gasteiger partial charge in [-0.15, -0.1) is 0 Å². The van der Waals surface area contributed by atoms with Crippen LogP contribution in [-0.2, 0) is 10.2 Å². The molecular weight excluding hydrogens is 252 g/mol. The molecule has 0 spiro atoms. The number of hydrogen-bond acceptors (Lipinski definition) is 4. The van der Waals surface area contributed by atoms with Crippen molar-refractivity contribution in [2.45, 2.75) is 25.8 Å². The number of nitrogens with zero attached hydrogens (tertiary/aromatic N) is 2. The first-order valence-electron chi connectivity index (χ1n) is 6.73. The van der Waals surface area contributed by atoms with Crippen molar-refractivity contribution in [3.05, 3.63) is 0 Å². The van der Waals surface area contributed by atoms with Gasteiger partial charge in [0.2, 0.25) is 0 Å². The van der Waals surface area contributed by atoms with E-state index in [2.05, 4.69) is 12.2 Å². The summed E-state index contributed by atoms with van der Waals surface area (Å²) in [5.41, 5.74) is 5.68. The fourth-order valence-corrected chi connectivity index (χ4v) is 4.44. The smallest absolute Gasteiger partial charge is 0.282 e. The van der Waals surface area contributed by atoms with Crippen molar-refractivity contribution in [3.8, 4) is 0 Å². The fourth-order valence-electron chi connectivity index (χ4n) is 2.61. The summed E-state index contributed by atoms with van der Waals surface area (Å²) in [6.07, 6.45) is 1.91. The van der Waals surface area contributed by atoms with Crippen LogP contribution in [0, 0.1) is 5.92 Å². The van der Waals surface area contributed by atoms with Gasteiger partial charge in [-0.2, -0.15) is 17.0 Å². The van der Waals surface area contributed by atoms with Crippen LogP contribution in [0.2, 0.25) is 0 Å². The predicted molar refractivity (Wildman–Crippen MR) is 71.3 cm³/mol. The second-order valence-electron chi connectivity index (χ2n) is 5.29. The van der Waals surface area contributed by atoms with Crippen molar-refractivity contribution in [3.63, 3.8) is 0 Å². The Hall–Kier alpha value is -0.210. The number of piperazine rings is 1. The van der Waals surface area contributed by atoms with Gasteiger partial charge in [-0.1, -0.05) is 6.92 Å². The zero-order chi connectivity index (χ0) is 13.2. The van der Waals surface area contributed by atoms with Gasteiger partial charge >= 0.3 is 0 Å². The van der Waals surface area contributed by atoms with Gasteiger partial charge < -0.3 is 11.1 Å². The summed E-state index contributed by atoms with van der Waals surface area (Å²) in [6.45, 7) is 5.72. The molecule has 0 amide bonds. The molecule has 18 heavy (non-hydrogen) atoms. The van der Waals surface area contributed by atoms with Gasteiger partial charge in [-0.05, 0) is 18.8 Å². The van der Waals surface area contributed by atoms with E-state index in [4.69, 9.17) is 5.73 Å². The molecule has 0 radical (unpaired) electrons. The van der Waals surface area contributed by atoms with Crippen LogP contribution in [0.15, 0.2) is 0 Å². The van der Waals surface area contributed by atoms with E-state index in [0.29, 0.717) is 45.2 Å². The van der Waals surface area contributed by atoms with Crippen LogP contribution in [0.25, 0.3) is 0 Å². The van der Waals surface area contributed by atoms with E-state index in [1.54, 1.807) is 8.61 Å². The van der Waals surface area contributed by atoms with E-state index < -0.39 is 10.2 Å². The summed E-state index contributed by atoms with van der Waals surface area (Å²) >= 11 is 0. The number of piperidine rings is 1. The number of nitrogens with two attached hydrogens (primary N) is 1. The molecule has 2 aliphatic rings. The second kappa shape index (κ2) is 5.83. The Bertz CT molecular complexity index is 365. The van der Waals surface area contributed by atoms with Gasteiger partial charge in [0.1, 0.15) is 0 Å². The van der Waals surface area contributed by atoms with Gasteiger partial charge in [-0.3, -0.25) is 0 Å². The highest BCUT2D eigenvalue weighted by molar-refractivity contribution is 7.86. The lowest BCUT2D eigenvalue weighted by atomic mass is 10.0. The molecule has 0 aromatic heterocycles. The Kier molecular flexibility index (Phi) is 4.60. The van der Waals surface area contributed by atoms with Crippen LogP contribution in [0.4, 0.5) is 0 Å². The van der Waals surface area contributed by atoms with Crippen LogP contribution in [0.5, 0.6) is 0 Å². The van der Waals surface area contributed by atoms with Crippen molar-refractivity contribution in [2.75, 3.05) is 39.3 Å². The second-order valence-corrected chi connectivity index (χ2v) is 7.17. The van der Waals surface area contributed by atoms with Crippen molar-refractivity contribution >= 4 is 10.2 Å². The lowest BCUT2D eigenvalue weighted by molar-refractivity contribution is 0.225. The molecule has 7 heteroatoms. The summed E-state index contributed by atoms with van der Waals surface area (Å²) in [4.78, 5) is 0. The molecule has 106 valence electrons. The molecule has 1 unspecified atom stereocenters. The quantitative estimate of drug-likeness (QED) is 0.707. The Labute approximate surface area is 110 Å². The topological polar surface area (TPSA) is 78.7 Å². The van der Waals surface area contributed by atoms with E-state index >= 15 is 0 Å². The molecule has 0 aromatic carbocycles. The minimum atomic E-state index is -3.32. The molecule has 2 fully saturated rings. The SMILES string of the molecule is CC1CCN(S(=O)(=O)N2CCNCC2CN)CC1. The Morgan fingerprint density at radius 2 is 1.94 bits per heavy atom. The van der Waals surface area contributed by atoms with E-state index in [1.165, 1.54) is 0 Å². The number of nitrogens with one attached hydrogen (secondary N) is 1. The van der Waals surface area contributed by atoms with Crippen LogP contribution in [0.3, 0.4) is 0 Å². The number of rotatable bonds is 3. The Morgan fingerprint density at radius 3 is 2.56 bits per heavy atom. The highest BCUT2D eigenvalue weighted by atomic mass is 32.2. The maximum Gasteiger partial charge on any atom is 0.282 e. The summed E-state index contributed by atoms with van der Waals surface area (Å²) in [5.74, 6) is 0.629. The van der Waals surface area contributed by atoms with Gasteiger partial charge in [0.15, 0.2) is 0 Å². The van der Waals surface area contributed by atoms with E-state index in [9.17, 15) is 8.42 Å². The normalized spacial score (nSPS) is 29.6. The third-order valence-electron chi connectivity index (χ3n) is 3.93. The first-order valence-corrected chi connectivity index (χ1v) is 8.13. The molecule has 3 N–H and O–H groups in total. The van der Waals surface area contributed by atoms with E-state index in [-0.39, 0.29) is 6.04 Å². The average molecular weight is 276 g/mol. The molecule has 0 aliphatic carbocycles. The maximum absolute atomic E-state index is 12.6. The molecule has 2 saturated heterocycles. The minimum absolute atomic E-state index is 0.108. The first-order chi connectivity index (χ1) is 8.55. The largest absolute Gasteiger partial charge is 0.329 e. The highest BCUT2D eigenvalue weighted by Crippen LogP contribution is 2.22. The lowest BCUT2D eigenvalue weighted by Crippen LogP contribution is -2.60. The average Bonchev–Trinajstić information content (AvgIpc) is 2.39. The molecule has 0 aromatic rings. The van der Waals surface area contributed by atoms with E-state index in [0.717, 1.165) is 12.8 Å². The molecule has 2 aliphatic heterocycles. The van der Waals surface area contributed by atoms with Crippen LogP contribution >= 0.6 is 0 Å². The predicted octanol–water partition coefficient (Wildman–Crippen LogP) is -0.804. The van der Waals surface area contributed by atoms with Gasteiger partial charge in [0.05, 0.1) is 6.04 Å². The summed E-state index contributed by atoms with van der Waals surface area (Å²) in [5, 5.41) is 3.19. The number of hydrogen-bond donors (Lipinski definition) is 2. The lowest BCUT2D eigenvalue weighted by Gasteiger charge is -2.39. The molecule has 0 bridgehead atoms. The summed E-state index contributed by atoms with van der Waals surface area (Å²) in [6, 6.07) is -0.108. The molecular formula is C11H24N4O2S. The minimum Gasteiger partial charge on any atom is -0.329 e. The van der Waals surface area contributed by atoms with Gasteiger partial charge in [0.25, 0.3) is 10.2 Å². The molecule has 0 saturated carbocycles. The standard InChI is InChI=1S/C11H24N4O2S/c1-10-2-5-14(6-3-10)18(16,17)15-7-4-13-9-11(15)8-12/h10-11,13H,2-9,12H2,1H3. The zero-order valence-electron chi connectivity index (χ0n) is 11.0. The van der Waals surface area contributed by atoms with E-state index in [1.807, 2.05) is 0 Å². The van der Waals surface area contributed by atoms with Crippen LogP contribution in [-0.4, -0.2) is 62.3 Å². The molecule has 2 heterocycles. The molecule has 1 atom stereocenters. The highest BCUT2D eigenvalue weighted by Gasteiger charge is 2.36. The Balaban J connectivity index is 2.09. The summed E-state index contributed by atoms with van der Waals surface area (Å²) < 4.78 is 28.4. The van der Waals surface area contributed by atoms with Gasteiger partial charge in [-0.25, -0.2) is 0 Å². The monoisotopic (exact) mass is 276 g/mol. The van der Waals surface area contributed by atoms with Crippen molar-refractivity contribution < 1.29 is 8.42 Å². The Morgan fingerprint density at radius 1 is 1.28 bits per heavy atom. The third-order valence-corrected chi connectivity index (χ3v) is 6.02. The van der Waals surface area contributed by atoms with Crippen molar-refractivity contribution in [1.29, 1.82) is 0 Å². The first kappa shape index (κ1) is 14.2. The van der Waals surface area contributed by atoms with Crippen molar-refractivity contribution in [1.82, 2.24) is 13.9 Å². The maximum atomic E-state index is 12.6. The van der Waals surface area contributed by atoms with Crippen molar-refractivity contribution in [2.24, 2.45) is 11.7 Å². The van der Waals surface area contributed by atoms with Crippen LogP contribution in [0.1, 0.15) is 19.8 Å². The zero-order valence-corrected chi connectivity index (χ0v) is 11.8. The third kappa shape index (κ3) is 2.85.